The lowest BCUT2D eigenvalue weighted by Crippen LogP contribution is -2.07. The molecule has 0 spiro atoms. The van der Waals surface area contributed by atoms with E-state index in [2.05, 4.69) is 10.1 Å². The molecule has 0 unspecified atom stereocenters. The van der Waals surface area contributed by atoms with Gasteiger partial charge in [-0.3, -0.25) is 0 Å². The molecule has 1 N–H and O–H groups in total. The van der Waals surface area contributed by atoms with Crippen molar-refractivity contribution in [2.24, 2.45) is 0 Å². The Kier molecular flexibility index (Phi) is 2.47. The predicted octanol–water partition coefficient (Wildman–Crippen LogP) is 0.998. The van der Waals surface area contributed by atoms with Gasteiger partial charge in [-0.25, -0.2) is 9.78 Å². The number of hydrogen-bond acceptors (Lipinski definition) is 4. The number of ether oxygens (including phenoxy) is 1. The molecule has 6 heteroatoms. The van der Waals surface area contributed by atoms with Gasteiger partial charge in [-0.2, -0.15) is 9.61 Å². The largest absolute Gasteiger partial charge is 0.480 e. The van der Waals surface area contributed by atoms with E-state index in [9.17, 15) is 4.79 Å². The van der Waals surface area contributed by atoms with Crippen molar-refractivity contribution in [3.63, 3.8) is 0 Å². The Morgan fingerprint density at radius 1 is 1.62 bits per heavy atom. The van der Waals surface area contributed by atoms with Crippen LogP contribution in [0.4, 0.5) is 0 Å². The van der Waals surface area contributed by atoms with Crippen molar-refractivity contribution in [3.05, 3.63) is 23.5 Å². The summed E-state index contributed by atoms with van der Waals surface area (Å²) in [6.07, 6.45) is 2.03. The summed E-state index contributed by atoms with van der Waals surface area (Å²) < 4.78 is 6.46. The zero-order chi connectivity index (χ0) is 11.7. The summed E-state index contributed by atoms with van der Waals surface area (Å²) >= 11 is 0. The van der Waals surface area contributed by atoms with Gasteiger partial charge in [0.05, 0.1) is 12.8 Å². The van der Waals surface area contributed by atoms with Gasteiger partial charge < -0.3 is 9.84 Å². The van der Waals surface area contributed by atoms with Crippen LogP contribution in [0, 0.1) is 0 Å². The molecule has 0 aliphatic carbocycles. The number of aromatic carboxylic acids is 1. The summed E-state index contributed by atoms with van der Waals surface area (Å²) in [6.45, 7) is 1.96. The monoisotopic (exact) mass is 221 g/mol. The van der Waals surface area contributed by atoms with E-state index in [-0.39, 0.29) is 11.4 Å². The summed E-state index contributed by atoms with van der Waals surface area (Å²) in [6, 6.07) is 1.80. The Hall–Kier alpha value is -2.11. The first-order valence-electron chi connectivity index (χ1n) is 4.82. The molecule has 0 atom stereocenters. The number of carboxylic acid groups (broad SMARTS) is 1. The van der Waals surface area contributed by atoms with Gasteiger partial charge in [-0.15, -0.1) is 0 Å². The number of aromatic nitrogens is 3. The van der Waals surface area contributed by atoms with Crippen molar-refractivity contribution in [2.75, 3.05) is 7.11 Å². The first-order valence-corrected chi connectivity index (χ1v) is 4.82. The molecular weight excluding hydrogens is 210 g/mol. The maximum absolute atomic E-state index is 10.9. The lowest BCUT2D eigenvalue weighted by Gasteiger charge is -2.05. The van der Waals surface area contributed by atoms with Crippen LogP contribution in [-0.4, -0.2) is 32.8 Å². The van der Waals surface area contributed by atoms with E-state index in [1.165, 1.54) is 17.8 Å². The topological polar surface area (TPSA) is 76.7 Å². The molecule has 0 radical (unpaired) electrons. The zero-order valence-electron chi connectivity index (χ0n) is 8.97. The van der Waals surface area contributed by atoms with Crippen LogP contribution in [0.3, 0.4) is 0 Å². The molecule has 84 valence electrons. The normalized spacial score (nSPS) is 10.6. The molecule has 0 amide bonds. The minimum Gasteiger partial charge on any atom is -0.480 e. The fraction of sp³-hybridized carbons (Fsp3) is 0.300. The number of fused-ring (bicyclic) bond motifs is 1. The Morgan fingerprint density at radius 2 is 2.38 bits per heavy atom. The second kappa shape index (κ2) is 3.80. The molecule has 2 aromatic heterocycles. The van der Waals surface area contributed by atoms with E-state index in [0.717, 1.165) is 12.1 Å². The second-order valence-electron chi connectivity index (χ2n) is 3.25. The third-order valence-corrected chi connectivity index (χ3v) is 2.28. The molecule has 0 aromatic carbocycles. The number of methoxy groups -OCH3 is 1. The van der Waals surface area contributed by atoms with Crippen LogP contribution in [0.2, 0.25) is 0 Å². The standard InChI is InChI=1S/C10H11N3O3/c1-3-6-4-8-11-5-7(10(14)15)9(16-2)13(8)12-6/h4-5H,3H2,1-2H3,(H,14,15). The van der Waals surface area contributed by atoms with E-state index in [0.29, 0.717) is 5.65 Å². The van der Waals surface area contributed by atoms with Crippen LogP contribution in [-0.2, 0) is 6.42 Å². The van der Waals surface area contributed by atoms with Crippen LogP contribution >= 0.6 is 0 Å². The molecule has 2 heterocycles. The van der Waals surface area contributed by atoms with Crippen molar-refractivity contribution in [2.45, 2.75) is 13.3 Å². The maximum atomic E-state index is 10.9. The SMILES string of the molecule is CCc1cc2ncc(C(=O)O)c(OC)n2n1. The average Bonchev–Trinajstić information content (AvgIpc) is 2.69. The predicted molar refractivity (Wildman–Crippen MR) is 55.9 cm³/mol. The van der Waals surface area contributed by atoms with Gasteiger partial charge in [-0.1, -0.05) is 6.92 Å². The second-order valence-corrected chi connectivity index (χ2v) is 3.25. The van der Waals surface area contributed by atoms with Crippen LogP contribution in [0.15, 0.2) is 12.3 Å². The van der Waals surface area contributed by atoms with E-state index in [4.69, 9.17) is 9.84 Å². The molecule has 0 saturated carbocycles. The van der Waals surface area contributed by atoms with Crippen LogP contribution < -0.4 is 4.74 Å². The Bertz CT molecular complexity index is 547. The van der Waals surface area contributed by atoms with Crippen molar-refractivity contribution in [1.82, 2.24) is 14.6 Å². The van der Waals surface area contributed by atoms with Crippen LogP contribution in [0.1, 0.15) is 23.0 Å². The van der Waals surface area contributed by atoms with E-state index in [1.807, 2.05) is 6.92 Å². The molecule has 0 aliphatic rings. The quantitative estimate of drug-likeness (QED) is 0.836. The third kappa shape index (κ3) is 1.48. The lowest BCUT2D eigenvalue weighted by molar-refractivity contribution is 0.0691. The van der Waals surface area contributed by atoms with Gasteiger partial charge in [0.25, 0.3) is 0 Å². The maximum Gasteiger partial charge on any atom is 0.342 e. The summed E-state index contributed by atoms with van der Waals surface area (Å²) in [5.41, 5.74) is 1.42. The minimum atomic E-state index is -1.08. The van der Waals surface area contributed by atoms with Crippen LogP contribution in [0.25, 0.3) is 5.65 Å². The van der Waals surface area contributed by atoms with Crippen molar-refractivity contribution < 1.29 is 14.6 Å². The average molecular weight is 221 g/mol. The molecule has 0 fully saturated rings. The Morgan fingerprint density at radius 3 is 2.94 bits per heavy atom. The van der Waals surface area contributed by atoms with Crippen LogP contribution in [0.5, 0.6) is 5.88 Å². The first kappa shape index (κ1) is 10.4. The molecule has 6 nitrogen and oxygen atoms in total. The third-order valence-electron chi connectivity index (χ3n) is 2.28. The van der Waals surface area contributed by atoms with Gasteiger partial charge in [0.2, 0.25) is 5.88 Å². The van der Waals surface area contributed by atoms with E-state index < -0.39 is 5.97 Å². The molecule has 2 rings (SSSR count). The number of rotatable bonds is 3. The minimum absolute atomic E-state index is 0.000697. The number of carboxylic acids is 1. The highest BCUT2D eigenvalue weighted by Crippen LogP contribution is 2.19. The first-order chi connectivity index (χ1) is 7.67. The van der Waals surface area contributed by atoms with E-state index >= 15 is 0 Å². The number of nitrogens with zero attached hydrogens (tertiary/aromatic N) is 3. The van der Waals surface area contributed by atoms with Gasteiger partial charge in [0.1, 0.15) is 5.56 Å². The number of carbonyl (C=O) groups is 1. The number of hydrogen-bond donors (Lipinski definition) is 1. The fourth-order valence-electron chi connectivity index (χ4n) is 1.48. The molecular formula is C10H11N3O3. The molecule has 2 aromatic rings. The van der Waals surface area contributed by atoms with Crippen molar-refractivity contribution in [1.29, 1.82) is 0 Å². The highest BCUT2D eigenvalue weighted by atomic mass is 16.5. The Balaban J connectivity index is 2.74. The van der Waals surface area contributed by atoms with Gasteiger partial charge in [-0.05, 0) is 6.42 Å². The summed E-state index contributed by atoms with van der Waals surface area (Å²) in [5.74, 6) is -0.892. The number of aryl methyl sites for hydroxylation is 1. The fourth-order valence-corrected chi connectivity index (χ4v) is 1.48. The van der Waals surface area contributed by atoms with Gasteiger partial charge >= 0.3 is 5.97 Å². The molecule has 0 bridgehead atoms. The van der Waals surface area contributed by atoms with Crippen molar-refractivity contribution >= 4 is 11.6 Å². The highest BCUT2D eigenvalue weighted by molar-refractivity contribution is 5.90. The lowest BCUT2D eigenvalue weighted by atomic mass is 10.3. The molecule has 0 saturated heterocycles. The summed E-state index contributed by atoms with van der Waals surface area (Å²) in [5, 5.41) is 13.2. The smallest absolute Gasteiger partial charge is 0.342 e. The highest BCUT2D eigenvalue weighted by Gasteiger charge is 2.16. The molecule has 16 heavy (non-hydrogen) atoms. The zero-order valence-corrected chi connectivity index (χ0v) is 8.97. The van der Waals surface area contributed by atoms with Gasteiger partial charge in [0, 0.05) is 12.3 Å². The van der Waals surface area contributed by atoms with E-state index in [1.54, 1.807) is 6.07 Å². The van der Waals surface area contributed by atoms with Crippen molar-refractivity contribution in [3.8, 4) is 5.88 Å². The summed E-state index contributed by atoms with van der Waals surface area (Å²) in [4.78, 5) is 15.0. The molecule has 0 aliphatic heterocycles. The summed E-state index contributed by atoms with van der Waals surface area (Å²) in [7, 11) is 1.41. The van der Waals surface area contributed by atoms with Gasteiger partial charge in [0.15, 0.2) is 5.65 Å². The Labute approximate surface area is 91.5 Å².